The summed E-state index contributed by atoms with van der Waals surface area (Å²) in [6.45, 7) is 10.0. The molecule has 0 bridgehead atoms. The lowest BCUT2D eigenvalue weighted by Crippen LogP contribution is -2.38. The van der Waals surface area contributed by atoms with Crippen LogP contribution in [0.5, 0.6) is 0 Å². The van der Waals surface area contributed by atoms with Gasteiger partial charge in [-0.2, -0.15) is 0 Å². The summed E-state index contributed by atoms with van der Waals surface area (Å²) < 4.78 is 11.1. The molecule has 0 unspecified atom stereocenters. The first-order valence-corrected chi connectivity index (χ1v) is 6.65. The van der Waals surface area contributed by atoms with Crippen LogP contribution in [0, 0.1) is 5.41 Å². The van der Waals surface area contributed by atoms with E-state index in [0.29, 0.717) is 39.2 Å². The SMILES string of the molecule is CC(C)(CC=O)CCOCCOC(C)(C)CNC=O. The highest BCUT2D eigenvalue weighted by molar-refractivity contribution is 5.50. The summed E-state index contributed by atoms with van der Waals surface area (Å²) in [5, 5.41) is 2.60. The van der Waals surface area contributed by atoms with E-state index in [1.807, 2.05) is 13.8 Å². The molecule has 0 radical (unpaired) electrons. The maximum Gasteiger partial charge on any atom is 0.207 e. The van der Waals surface area contributed by atoms with Gasteiger partial charge >= 0.3 is 0 Å². The molecule has 0 atom stereocenters. The molecule has 0 saturated heterocycles. The fourth-order valence-electron chi connectivity index (χ4n) is 1.49. The Morgan fingerprint density at radius 3 is 2.32 bits per heavy atom. The Morgan fingerprint density at radius 1 is 1.05 bits per heavy atom. The Hall–Kier alpha value is -0.940. The minimum Gasteiger partial charge on any atom is -0.379 e. The second-order valence-electron chi connectivity index (χ2n) is 6.00. The van der Waals surface area contributed by atoms with Crippen LogP contribution < -0.4 is 5.32 Å². The van der Waals surface area contributed by atoms with E-state index in [0.717, 1.165) is 12.7 Å². The first-order valence-electron chi connectivity index (χ1n) is 6.65. The van der Waals surface area contributed by atoms with E-state index < -0.39 is 0 Å². The van der Waals surface area contributed by atoms with Gasteiger partial charge in [0.2, 0.25) is 6.41 Å². The van der Waals surface area contributed by atoms with Crippen LogP contribution in [-0.4, -0.2) is 44.7 Å². The molecular formula is C14H27NO4. The molecule has 0 aliphatic carbocycles. The van der Waals surface area contributed by atoms with Crippen molar-refractivity contribution in [3.63, 3.8) is 0 Å². The van der Waals surface area contributed by atoms with Crippen LogP contribution >= 0.6 is 0 Å². The molecule has 0 heterocycles. The van der Waals surface area contributed by atoms with Gasteiger partial charge in [-0.15, -0.1) is 0 Å². The highest BCUT2D eigenvalue weighted by Gasteiger charge is 2.18. The summed E-state index contributed by atoms with van der Waals surface area (Å²) in [5.74, 6) is 0. The minimum atomic E-state index is -0.388. The van der Waals surface area contributed by atoms with Gasteiger partial charge in [0.15, 0.2) is 0 Å². The lowest BCUT2D eigenvalue weighted by atomic mass is 9.87. The van der Waals surface area contributed by atoms with Gasteiger partial charge in [-0.1, -0.05) is 13.8 Å². The highest BCUT2D eigenvalue weighted by atomic mass is 16.5. The van der Waals surface area contributed by atoms with Crippen molar-refractivity contribution in [3.8, 4) is 0 Å². The molecule has 5 heteroatoms. The predicted octanol–water partition coefficient (Wildman–Crippen LogP) is 1.55. The van der Waals surface area contributed by atoms with Gasteiger partial charge in [0, 0.05) is 19.6 Å². The van der Waals surface area contributed by atoms with E-state index in [-0.39, 0.29) is 11.0 Å². The van der Waals surface area contributed by atoms with Gasteiger partial charge in [0.05, 0.1) is 18.8 Å². The number of amides is 1. The molecule has 19 heavy (non-hydrogen) atoms. The van der Waals surface area contributed by atoms with Gasteiger partial charge in [-0.25, -0.2) is 0 Å². The molecule has 0 aliphatic heterocycles. The zero-order valence-electron chi connectivity index (χ0n) is 12.5. The van der Waals surface area contributed by atoms with E-state index in [1.165, 1.54) is 0 Å². The van der Waals surface area contributed by atoms with Crippen molar-refractivity contribution in [2.24, 2.45) is 5.41 Å². The van der Waals surface area contributed by atoms with E-state index in [2.05, 4.69) is 19.2 Å². The van der Waals surface area contributed by atoms with Gasteiger partial charge in [0.1, 0.15) is 6.29 Å². The molecule has 0 aliphatic rings. The maximum absolute atomic E-state index is 10.5. The van der Waals surface area contributed by atoms with Crippen molar-refractivity contribution >= 4 is 12.7 Å². The van der Waals surface area contributed by atoms with Crippen LogP contribution in [-0.2, 0) is 19.1 Å². The summed E-state index contributed by atoms with van der Waals surface area (Å²) in [5.41, 5.74) is -0.392. The Kier molecular flexibility index (Phi) is 8.59. The van der Waals surface area contributed by atoms with E-state index in [4.69, 9.17) is 9.47 Å². The summed E-state index contributed by atoms with van der Waals surface area (Å²) in [6, 6.07) is 0. The Morgan fingerprint density at radius 2 is 1.74 bits per heavy atom. The van der Waals surface area contributed by atoms with Crippen molar-refractivity contribution < 1.29 is 19.1 Å². The topological polar surface area (TPSA) is 64.6 Å². The van der Waals surface area contributed by atoms with Crippen LogP contribution in [0.25, 0.3) is 0 Å². The smallest absolute Gasteiger partial charge is 0.207 e. The zero-order chi connectivity index (χ0) is 14.8. The van der Waals surface area contributed by atoms with Gasteiger partial charge in [-0.05, 0) is 25.7 Å². The van der Waals surface area contributed by atoms with E-state index in [9.17, 15) is 9.59 Å². The number of nitrogens with one attached hydrogen (secondary N) is 1. The van der Waals surface area contributed by atoms with Crippen LogP contribution in [0.2, 0.25) is 0 Å². The third kappa shape index (κ3) is 10.7. The summed E-state index contributed by atoms with van der Waals surface area (Å²) >= 11 is 0. The van der Waals surface area contributed by atoms with Crippen molar-refractivity contribution in [2.45, 2.75) is 46.1 Å². The second kappa shape index (κ2) is 9.04. The Bertz CT molecular complexity index is 264. The minimum absolute atomic E-state index is 0.00421. The summed E-state index contributed by atoms with van der Waals surface area (Å²) in [7, 11) is 0. The Balaban J connectivity index is 3.59. The molecule has 0 saturated carbocycles. The molecule has 0 aromatic rings. The average molecular weight is 273 g/mol. The number of hydrogen-bond donors (Lipinski definition) is 1. The van der Waals surface area contributed by atoms with Crippen molar-refractivity contribution in [1.82, 2.24) is 5.32 Å². The van der Waals surface area contributed by atoms with Gasteiger partial charge in [0.25, 0.3) is 0 Å². The number of carbonyl (C=O) groups excluding carboxylic acids is 2. The molecule has 0 aromatic carbocycles. The fraction of sp³-hybridized carbons (Fsp3) is 0.857. The van der Waals surface area contributed by atoms with Crippen LogP contribution in [0.3, 0.4) is 0 Å². The molecule has 0 rings (SSSR count). The quantitative estimate of drug-likeness (QED) is 0.433. The molecule has 1 N–H and O–H groups in total. The van der Waals surface area contributed by atoms with Crippen molar-refractivity contribution in [3.05, 3.63) is 0 Å². The maximum atomic E-state index is 10.5. The monoisotopic (exact) mass is 273 g/mol. The molecule has 1 amide bonds. The first kappa shape index (κ1) is 18.1. The van der Waals surface area contributed by atoms with Crippen LogP contribution in [0.15, 0.2) is 0 Å². The normalized spacial score (nSPS) is 12.2. The largest absolute Gasteiger partial charge is 0.379 e. The number of hydrogen-bond acceptors (Lipinski definition) is 4. The molecule has 112 valence electrons. The zero-order valence-corrected chi connectivity index (χ0v) is 12.5. The number of ether oxygens (including phenoxy) is 2. The third-order valence-corrected chi connectivity index (χ3v) is 2.89. The molecular weight excluding hydrogens is 246 g/mol. The van der Waals surface area contributed by atoms with Crippen LogP contribution in [0.1, 0.15) is 40.5 Å². The molecule has 5 nitrogen and oxygen atoms in total. The van der Waals surface area contributed by atoms with Crippen molar-refractivity contribution in [1.29, 1.82) is 0 Å². The average Bonchev–Trinajstić information content (AvgIpc) is 2.31. The molecule has 0 aromatic heterocycles. The fourth-order valence-corrected chi connectivity index (χ4v) is 1.49. The second-order valence-corrected chi connectivity index (χ2v) is 6.00. The summed E-state index contributed by atoms with van der Waals surface area (Å²) in [4.78, 5) is 20.7. The Labute approximate surface area is 116 Å². The first-order chi connectivity index (χ1) is 8.83. The van der Waals surface area contributed by atoms with Crippen molar-refractivity contribution in [2.75, 3.05) is 26.4 Å². The summed E-state index contributed by atoms with van der Waals surface area (Å²) in [6.07, 6.45) is 3.02. The third-order valence-electron chi connectivity index (χ3n) is 2.89. The number of carbonyl (C=O) groups is 2. The molecule has 0 spiro atoms. The number of aldehydes is 1. The van der Waals surface area contributed by atoms with Crippen LogP contribution in [0.4, 0.5) is 0 Å². The van der Waals surface area contributed by atoms with E-state index in [1.54, 1.807) is 0 Å². The molecule has 0 fully saturated rings. The lowest BCUT2D eigenvalue weighted by molar-refractivity contribution is -0.111. The van der Waals surface area contributed by atoms with E-state index >= 15 is 0 Å². The highest BCUT2D eigenvalue weighted by Crippen LogP contribution is 2.23. The standard InChI is InChI=1S/C14H27NO4/c1-13(2,5-7-16)6-8-18-9-10-19-14(3,4)11-15-12-17/h7,12H,5-6,8-11H2,1-4H3,(H,15,17). The number of rotatable bonds is 12. The van der Waals surface area contributed by atoms with Gasteiger partial charge < -0.3 is 19.6 Å². The predicted molar refractivity (Wildman–Crippen MR) is 74.0 cm³/mol. The lowest BCUT2D eigenvalue weighted by Gasteiger charge is -2.25. The van der Waals surface area contributed by atoms with Gasteiger partial charge in [-0.3, -0.25) is 4.79 Å².